The Kier molecular flexibility index (Phi) is 5.62. The Morgan fingerprint density at radius 3 is 2.25 bits per heavy atom. The van der Waals surface area contributed by atoms with E-state index in [9.17, 15) is 4.79 Å². The summed E-state index contributed by atoms with van der Waals surface area (Å²) in [6.45, 7) is 8.46. The highest BCUT2D eigenvalue weighted by Crippen LogP contribution is 2.27. The number of para-hydroxylation sites is 1. The zero-order valence-electron chi connectivity index (χ0n) is 14.3. The maximum atomic E-state index is 12.5. The summed E-state index contributed by atoms with van der Waals surface area (Å²) in [7, 11) is 0. The Hall–Kier alpha value is -2.17. The van der Waals surface area contributed by atoms with Gasteiger partial charge in [0.05, 0.1) is 6.54 Å². The molecular formula is C20H27N3O+2. The minimum absolute atomic E-state index is 0.105. The van der Waals surface area contributed by atoms with E-state index in [-0.39, 0.29) is 5.91 Å². The summed E-state index contributed by atoms with van der Waals surface area (Å²) in [6.07, 6.45) is 0. The van der Waals surface area contributed by atoms with Crippen LogP contribution >= 0.6 is 0 Å². The molecule has 1 fully saturated rings. The maximum absolute atomic E-state index is 12.5. The molecule has 2 aromatic rings. The van der Waals surface area contributed by atoms with Crippen LogP contribution in [0, 0.1) is 0 Å². The van der Waals surface area contributed by atoms with Crippen molar-refractivity contribution >= 4 is 11.6 Å². The van der Waals surface area contributed by atoms with E-state index in [0.717, 1.165) is 29.9 Å². The van der Waals surface area contributed by atoms with E-state index in [1.165, 1.54) is 24.5 Å². The number of carbonyl (C=O) groups excluding carboxylic acids is 1. The smallest absolute Gasteiger partial charge is 0.279 e. The largest absolute Gasteiger partial charge is 0.326 e. The average molecular weight is 325 g/mol. The van der Waals surface area contributed by atoms with E-state index in [0.29, 0.717) is 6.54 Å². The topological polar surface area (TPSA) is 38.0 Å². The van der Waals surface area contributed by atoms with Crippen LogP contribution in [0.4, 0.5) is 5.69 Å². The highest BCUT2D eigenvalue weighted by molar-refractivity contribution is 5.96. The van der Waals surface area contributed by atoms with Crippen LogP contribution < -0.4 is 15.1 Å². The summed E-state index contributed by atoms with van der Waals surface area (Å²) in [5.41, 5.74) is 3.09. The molecule has 4 nitrogen and oxygen atoms in total. The highest BCUT2D eigenvalue weighted by atomic mass is 16.2. The van der Waals surface area contributed by atoms with E-state index in [2.05, 4.69) is 30.4 Å². The molecule has 0 bridgehead atoms. The van der Waals surface area contributed by atoms with Gasteiger partial charge in [0.2, 0.25) is 0 Å². The molecule has 126 valence electrons. The molecular weight excluding hydrogens is 298 g/mol. The second-order valence-corrected chi connectivity index (χ2v) is 6.49. The Labute approximate surface area is 144 Å². The van der Waals surface area contributed by atoms with Gasteiger partial charge in [-0.2, -0.15) is 0 Å². The first kappa shape index (κ1) is 16.7. The van der Waals surface area contributed by atoms with E-state index in [1.54, 1.807) is 4.90 Å². The molecule has 0 aromatic heterocycles. The Balaban J connectivity index is 1.63. The number of quaternary nitrogens is 2. The summed E-state index contributed by atoms with van der Waals surface area (Å²) in [5, 5.41) is 3.11. The van der Waals surface area contributed by atoms with Gasteiger partial charge in [0.1, 0.15) is 26.2 Å². The van der Waals surface area contributed by atoms with Crippen LogP contribution in [-0.2, 0) is 4.79 Å². The molecule has 2 aromatic carbocycles. The quantitative estimate of drug-likeness (QED) is 0.717. The fourth-order valence-corrected chi connectivity index (χ4v) is 3.37. The standard InChI is InChI=1S/C20H25N3O/c1-2-22-12-14-23(15-13-22)16-20(24)21-19-11-7-6-10-18(19)17-8-4-3-5-9-17/h3-11H,2,12-16H2,1H3,(H,21,24)/p+2. The molecule has 0 saturated carbocycles. The van der Waals surface area contributed by atoms with Gasteiger partial charge in [0.25, 0.3) is 5.91 Å². The molecule has 24 heavy (non-hydrogen) atoms. The monoisotopic (exact) mass is 325 g/mol. The molecule has 0 spiro atoms. The first-order valence-corrected chi connectivity index (χ1v) is 8.87. The molecule has 1 heterocycles. The molecule has 3 N–H and O–H groups in total. The van der Waals surface area contributed by atoms with Crippen molar-refractivity contribution in [2.45, 2.75) is 6.92 Å². The average Bonchev–Trinajstić information content (AvgIpc) is 2.63. The molecule has 4 heteroatoms. The van der Waals surface area contributed by atoms with Gasteiger partial charge in [-0.15, -0.1) is 0 Å². The van der Waals surface area contributed by atoms with E-state index in [4.69, 9.17) is 0 Å². The van der Waals surface area contributed by atoms with Gasteiger partial charge in [0.15, 0.2) is 6.54 Å². The van der Waals surface area contributed by atoms with Gasteiger partial charge < -0.3 is 15.1 Å². The number of amides is 1. The highest BCUT2D eigenvalue weighted by Gasteiger charge is 2.23. The first-order chi connectivity index (χ1) is 11.8. The zero-order chi connectivity index (χ0) is 16.8. The second-order valence-electron chi connectivity index (χ2n) is 6.49. The number of rotatable bonds is 5. The zero-order valence-corrected chi connectivity index (χ0v) is 14.3. The lowest BCUT2D eigenvalue weighted by atomic mass is 10.0. The summed E-state index contributed by atoms with van der Waals surface area (Å²) in [4.78, 5) is 15.5. The fourth-order valence-electron chi connectivity index (χ4n) is 3.37. The lowest BCUT2D eigenvalue weighted by Gasteiger charge is -2.28. The third kappa shape index (κ3) is 4.22. The SMILES string of the molecule is CC[NH+]1CC[NH+](CC(=O)Nc2ccccc2-c2ccccc2)CC1. The number of carbonyl (C=O) groups is 1. The summed E-state index contributed by atoms with van der Waals surface area (Å²) >= 11 is 0. The van der Waals surface area contributed by atoms with Crippen molar-refractivity contribution in [2.75, 3.05) is 44.6 Å². The molecule has 1 aliphatic rings. The summed E-state index contributed by atoms with van der Waals surface area (Å²) < 4.78 is 0. The van der Waals surface area contributed by atoms with Gasteiger partial charge in [-0.3, -0.25) is 4.79 Å². The van der Waals surface area contributed by atoms with E-state index >= 15 is 0 Å². The predicted octanol–water partition coefficient (Wildman–Crippen LogP) is 0.0954. The van der Waals surface area contributed by atoms with Crippen LogP contribution in [0.2, 0.25) is 0 Å². The number of anilines is 1. The van der Waals surface area contributed by atoms with Gasteiger partial charge in [-0.1, -0.05) is 48.5 Å². The Morgan fingerprint density at radius 1 is 0.917 bits per heavy atom. The minimum Gasteiger partial charge on any atom is -0.326 e. The predicted molar refractivity (Wildman–Crippen MR) is 97.3 cm³/mol. The minimum atomic E-state index is 0.105. The maximum Gasteiger partial charge on any atom is 0.279 e. The van der Waals surface area contributed by atoms with Crippen molar-refractivity contribution in [1.82, 2.24) is 0 Å². The normalized spacial score (nSPS) is 20.5. The number of piperazine rings is 1. The number of hydrogen-bond donors (Lipinski definition) is 3. The van der Waals surface area contributed by atoms with Crippen LogP contribution in [0.25, 0.3) is 11.1 Å². The molecule has 0 aliphatic carbocycles. The summed E-state index contributed by atoms with van der Waals surface area (Å²) in [6, 6.07) is 18.2. The van der Waals surface area contributed by atoms with Crippen LogP contribution in [0.3, 0.4) is 0 Å². The van der Waals surface area contributed by atoms with E-state index in [1.807, 2.05) is 36.4 Å². The van der Waals surface area contributed by atoms with Crippen LogP contribution in [0.15, 0.2) is 54.6 Å². The fraction of sp³-hybridized carbons (Fsp3) is 0.350. The van der Waals surface area contributed by atoms with Crippen molar-refractivity contribution in [1.29, 1.82) is 0 Å². The number of benzene rings is 2. The van der Waals surface area contributed by atoms with Crippen molar-refractivity contribution in [3.05, 3.63) is 54.6 Å². The van der Waals surface area contributed by atoms with Crippen molar-refractivity contribution < 1.29 is 14.6 Å². The van der Waals surface area contributed by atoms with Crippen molar-refractivity contribution in [3.63, 3.8) is 0 Å². The van der Waals surface area contributed by atoms with Crippen LogP contribution in [0.1, 0.15) is 6.92 Å². The lowest BCUT2D eigenvalue weighted by Crippen LogP contribution is -3.28. The molecule has 1 saturated heterocycles. The van der Waals surface area contributed by atoms with Crippen LogP contribution in [0.5, 0.6) is 0 Å². The third-order valence-corrected chi connectivity index (χ3v) is 4.86. The molecule has 1 aliphatic heterocycles. The van der Waals surface area contributed by atoms with Crippen molar-refractivity contribution in [2.24, 2.45) is 0 Å². The van der Waals surface area contributed by atoms with E-state index < -0.39 is 0 Å². The second kappa shape index (κ2) is 8.08. The van der Waals surface area contributed by atoms with Gasteiger partial charge >= 0.3 is 0 Å². The molecule has 3 rings (SSSR count). The third-order valence-electron chi connectivity index (χ3n) is 4.86. The number of nitrogens with one attached hydrogen (secondary N) is 3. The van der Waals surface area contributed by atoms with Gasteiger partial charge in [-0.25, -0.2) is 0 Å². The lowest BCUT2D eigenvalue weighted by molar-refractivity contribution is -1.01. The first-order valence-electron chi connectivity index (χ1n) is 8.87. The van der Waals surface area contributed by atoms with Gasteiger partial charge in [0, 0.05) is 11.3 Å². The summed E-state index contributed by atoms with van der Waals surface area (Å²) in [5.74, 6) is 0.105. The van der Waals surface area contributed by atoms with Gasteiger partial charge in [-0.05, 0) is 18.6 Å². The molecule has 0 unspecified atom stereocenters. The van der Waals surface area contributed by atoms with Crippen LogP contribution in [-0.4, -0.2) is 45.2 Å². The number of hydrogen-bond acceptors (Lipinski definition) is 1. The number of likely N-dealkylation sites (N-methyl/N-ethyl adjacent to an activating group) is 1. The molecule has 1 amide bonds. The molecule has 0 atom stereocenters. The molecule has 0 radical (unpaired) electrons. The Morgan fingerprint density at radius 2 is 1.54 bits per heavy atom. The Bertz CT molecular complexity index is 664. The van der Waals surface area contributed by atoms with Crippen molar-refractivity contribution in [3.8, 4) is 11.1 Å².